The van der Waals surface area contributed by atoms with E-state index in [2.05, 4.69) is 47.9 Å². The summed E-state index contributed by atoms with van der Waals surface area (Å²) in [4.78, 5) is 4.25. The van der Waals surface area contributed by atoms with Gasteiger partial charge in [-0.1, -0.05) is 30.3 Å². The Morgan fingerprint density at radius 3 is 2.50 bits per heavy atom. The average molecular weight is 465 g/mol. The zero-order valence-electron chi connectivity index (χ0n) is 15.3. The number of hydrogen-bond acceptors (Lipinski definition) is 3. The van der Waals surface area contributed by atoms with Crippen molar-refractivity contribution in [3.63, 3.8) is 0 Å². The maximum atomic E-state index is 5.68. The van der Waals surface area contributed by atoms with Crippen molar-refractivity contribution in [1.82, 2.24) is 10.6 Å². The molecule has 0 amide bonds. The number of hydrogen-bond donors (Lipinski definition) is 2. The minimum absolute atomic E-state index is 0. The Bertz CT molecular complexity index is 455. The molecule has 0 aromatic heterocycles. The Morgan fingerprint density at radius 2 is 1.88 bits per heavy atom. The van der Waals surface area contributed by atoms with Crippen LogP contribution in [0.5, 0.6) is 0 Å². The fourth-order valence-corrected chi connectivity index (χ4v) is 2.11. The number of nitrogens with zero attached hydrogens (tertiary/aromatic N) is 1. The predicted octanol–water partition coefficient (Wildman–Crippen LogP) is 3.91. The van der Waals surface area contributed by atoms with E-state index in [1.807, 2.05) is 37.0 Å². The third kappa shape index (κ3) is 11.1. The van der Waals surface area contributed by atoms with Gasteiger partial charge < -0.3 is 15.4 Å². The molecule has 138 valence electrons. The Balaban J connectivity index is 0.00000529. The van der Waals surface area contributed by atoms with Gasteiger partial charge in [0.2, 0.25) is 0 Å². The number of nitrogens with one attached hydrogen (secondary N) is 2. The molecule has 2 N–H and O–H groups in total. The number of rotatable bonds is 10. The first kappa shape index (κ1) is 23.5. The van der Waals surface area contributed by atoms with Crippen LogP contribution in [0.1, 0.15) is 32.3 Å². The SMILES string of the molecule is CN=C(NCCCCOCc1ccccc1)NCC(C)(C)SC.I. The van der Waals surface area contributed by atoms with E-state index < -0.39 is 0 Å². The van der Waals surface area contributed by atoms with Crippen molar-refractivity contribution in [3.05, 3.63) is 35.9 Å². The Kier molecular flexibility index (Phi) is 13.5. The smallest absolute Gasteiger partial charge is 0.191 e. The fourth-order valence-electron chi connectivity index (χ4n) is 1.89. The van der Waals surface area contributed by atoms with E-state index in [9.17, 15) is 0 Å². The van der Waals surface area contributed by atoms with Crippen molar-refractivity contribution < 1.29 is 4.74 Å². The lowest BCUT2D eigenvalue weighted by Gasteiger charge is -2.23. The molecule has 1 aromatic rings. The fraction of sp³-hybridized carbons (Fsp3) is 0.611. The zero-order chi connectivity index (χ0) is 17.0. The summed E-state index contributed by atoms with van der Waals surface area (Å²) in [5.41, 5.74) is 1.23. The van der Waals surface area contributed by atoms with Gasteiger partial charge in [0.1, 0.15) is 0 Å². The van der Waals surface area contributed by atoms with Crippen LogP contribution in [-0.2, 0) is 11.3 Å². The van der Waals surface area contributed by atoms with Gasteiger partial charge in [0.05, 0.1) is 6.61 Å². The average Bonchev–Trinajstić information content (AvgIpc) is 2.57. The second kappa shape index (κ2) is 13.8. The minimum Gasteiger partial charge on any atom is -0.377 e. The van der Waals surface area contributed by atoms with Crippen LogP contribution >= 0.6 is 35.7 Å². The molecule has 0 fully saturated rings. The van der Waals surface area contributed by atoms with Crippen molar-refractivity contribution >= 4 is 41.7 Å². The molecule has 0 bridgehead atoms. The quantitative estimate of drug-likeness (QED) is 0.238. The molecule has 0 aliphatic heterocycles. The summed E-state index contributed by atoms with van der Waals surface area (Å²) in [5.74, 6) is 0.873. The van der Waals surface area contributed by atoms with E-state index in [-0.39, 0.29) is 28.7 Å². The van der Waals surface area contributed by atoms with Crippen molar-refractivity contribution in [3.8, 4) is 0 Å². The van der Waals surface area contributed by atoms with Crippen LogP contribution in [0.25, 0.3) is 0 Å². The van der Waals surface area contributed by atoms with E-state index in [1.165, 1.54) is 5.56 Å². The van der Waals surface area contributed by atoms with E-state index in [1.54, 1.807) is 0 Å². The van der Waals surface area contributed by atoms with Crippen LogP contribution in [0, 0.1) is 0 Å². The third-order valence-corrected chi connectivity index (χ3v) is 4.83. The highest BCUT2D eigenvalue weighted by Gasteiger charge is 2.15. The minimum atomic E-state index is 0. The molecule has 0 aliphatic rings. The number of halogens is 1. The lowest BCUT2D eigenvalue weighted by Crippen LogP contribution is -2.43. The van der Waals surface area contributed by atoms with Crippen LogP contribution < -0.4 is 10.6 Å². The summed E-state index contributed by atoms with van der Waals surface area (Å²) in [6.45, 7) is 7.75. The van der Waals surface area contributed by atoms with Crippen molar-refractivity contribution in [1.29, 1.82) is 0 Å². The number of ether oxygens (including phenoxy) is 1. The molecule has 0 heterocycles. The summed E-state index contributed by atoms with van der Waals surface area (Å²) in [5, 5.41) is 6.72. The Morgan fingerprint density at radius 1 is 1.17 bits per heavy atom. The molecule has 0 aliphatic carbocycles. The van der Waals surface area contributed by atoms with Gasteiger partial charge in [-0.05, 0) is 38.5 Å². The molecule has 0 saturated heterocycles. The number of benzene rings is 1. The molecule has 4 nitrogen and oxygen atoms in total. The molecule has 24 heavy (non-hydrogen) atoms. The Labute approximate surface area is 168 Å². The van der Waals surface area contributed by atoms with Crippen molar-refractivity contribution in [2.24, 2.45) is 4.99 Å². The normalized spacial score (nSPS) is 11.8. The maximum Gasteiger partial charge on any atom is 0.191 e. The lowest BCUT2D eigenvalue weighted by atomic mass is 10.2. The molecule has 0 radical (unpaired) electrons. The van der Waals surface area contributed by atoms with Gasteiger partial charge in [0, 0.05) is 31.5 Å². The summed E-state index contributed by atoms with van der Waals surface area (Å²) in [6, 6.07) is 10.3. The van der Waals surface area contributed by atoms with Gasteiger partial charge in [-0.2, -0.15) is 11.8 Å². The molecule has 1 aromatic carbocycles. The topological polar surface area (TPSA) is 45.7 Å². The first-order valence-corrected chi connectivity index (χ1v) is 9.41. The molecule has 1 rings (SSSR count). The highest BCUT2D eigenvalue weighted by atomic mass is 127. The van der Waals surface area contributed by atoms with E-state index in [4.69, 9.17) is 4.74 Å². The van der Waals surface area contributed by atoms with Gasteiger partial charge in [0.25, 0.3) is 0 Å². The molecule has 0 unspecified atom stereocenters. The van der Waals surface area contributed by atoms with Crippen LogP contribution in [-0.4, -0.2) is 43.7 Å². The van der Waals surface area contributed by atoms with Crippen LogP contribution in [0.4, 0.5) is 0 Å². The van der Waals surface area contributed by atoms with Crippen molar-refractivity contribution in [2.45, 2.75) is 38.0 Å². The lowest BCUT2D eigenvalue weighted by molar-refractivity contribution is 0.117. The van der Waals surface area contributed by atoms with Gasteiger partial charge in [-0.15, -0.1) is 24.0 Å². The number of guanidine groups is 1. The Hall–Kier alpha value is -0.470. The molecule has 0 spiro atoms. The summed E-state index contributed by atoms with van der Waals surface area (Å²) < 4.78 is 5.89. The second-order valence-electron chi connectivity index (χ2n) is 6.06. The standard InChI is InChI=1S/C18H31N3OS.HI/c1-18(2,23-4)15-21-17(19-3)20-12-8-9-13-22-14-16-10-6-5-7-11-16;/h5-7,10-11H,8-9,12-15H2,1-4H3,(H2,19,20,21);1H. The molecule has 0 saturated carbocycles. The van der Waals surface area contributed by atoms with E-state index >= 15 is 0 Å². The largest absolute Gasteiger partial charge is 0.377 e. The van der Waals surface area contributed by atoms with Crippen LogP contribution in [0.15, 0.2) is 35.3 Å². The zero-order valence-corrected chi connectivity index (χ0v) is 18.4. The number of thioether (sulfide) groups is 1. The van der Waals surface area contributed by atoms with Crippen LogP contribution in [0.3, 0.4) is 0 Å². The van der Waals surface area contributed by atoms with Gasteiger partial charge in [-0.25, -0.2) is 0 Å². The second-order valence-corrected chi connectivity index (χ2v) is 7.58. The molecular weight excluding hydrogens is 433 g/mol. The van der Waals surface area contributed by atoms with E-state index in [0.717, 1.165) is 38.5 Å². The highest BCUT2D eigenvalue weighted by Crippen LogP contribution is 2.19. The van der Waals surface area contributed by atoms with Gasteiger partial charge in [-0.3, -0.25) is 4.99 Å². The number of unbranched alkanes of at least 4 members (excludes halogenated alkanes) is 1. The van der Waals surface area contributed by atoms with Gasteiger partial charge in [0.15, 0.2) is 5.96 Å². The summed E-state index contributed by atoms with van der Waals surface area (Å²) in [6.07, 6.45) is 4.25. The summed E-state index contributed by atoms with van der Waals surface area (Å²) >= 11 is 1.85. The first-order chi connectivity index (χ1) is 11.1. The molecule has 6 heteroatoms. The predicted molar refractivity (Wildman–Crippen MR) is 118 cm³/mol. The van der Waals surface area contributed by atoms with Crippen LogP contribution in [0.2, 0.25) is 0 Å². The van der Waals surface area contributed by atoms with Crippen molar-refractivity contribution in [2.75, 3.05) is 33.0 Å². The van der Waals surface area contributed by atoms with E-state index in [0.29, 0.717) is 6.61 Å². The highest BCUT2D eigenvalue weighted by molar-refractivity contribution is 14.0. The first-order valence-electron chi connectivity index (χ1n) is 8.19. The summed E-state index contributed by atoms with van der Waals surface area (Å²) in [7, 11) is 1.81. The number of aliphatic imine (C=N–C) groups is 1. The van der Waals surface area contributed by atoms with Gasteiger partial charge >= 0.3 is 0 Å². The monoisotopic (exact) mass is 465 g/mol. The third-order valence-electron chi connectivity index (χ3n) is 3.58. The molecule has 0 atom stereocenters. The molecular formula is C18H32IN3OS. The maximum absolute atomic E-state index is 5.68.